The summed E-state index contributed by atoms with van der Waals surface area (Å²) in [4.78, 5) is 20.4. The summed E-state index contributed by atoms with van der Waals surface area (Å²) in [5.74, 6) is 0.717. The number of carbonyl (C=O) groups is 1. The predicted octanol–water partition coefficient (Wildman–Crippen LogP) is 2.73. The maximum absolute atomic E-state index is 11.7. The van der Waals surface area contributed by atoms with E-state index >= 15 is 0 Å². The molecule has 1 heterocycles. The summed E-state index contributed by atoms with van der Waals surface area (Å²) in [6.07, 6.45) is 3.31. The van der Waals surface area contributed by atoms with E-state index in [9.17, 15) is 4.79 Å². The van der Waals surface area contributed by atoms with E-state index in [2.05, 4.69) is 16.9 Å². The molecule has 0 radical (unpaired) electrons. The topological polar surface area (TPSA) is 52.1 Å². The van der Waals surface area contributed by atoms with Gasteiger partial charge in [-0.05, 0) is 13.3 Å². The Morgan fingerprint density at radius 2 is 2.12 bits per heavy atom. The van der Waals surface area contributed by atoms with Gasteiger partial charge in [0.15, 0.2) is 0 Å². The van der Waals surface area contributed by atoms with Gasteiger partial charge in [-0.1, -0.05) is 27.2 Å². The number of nitrogens with zero attached hydrogens (tertiary/aromatic N) is 2. The van der Waals surface area contributed by atoms with Gasteiger partial charge in [-0.2, -0.15) is 0 Å². The lowest BCUT2D eigenvalue weighted by atomic mass is 10.1. The quantitative estimate of drug-likeness (QED) is 0.738. The lowest BCUT2D eigenvalue weighted by molar-refractivity contribution is 0.0524. The third-order valence-electron chi connectivity index (χ3n) is 2.38. The van der Waals surface area contributed by atoms with Crippen molar-refractivity contribution in [1.29, 1.82) is 0 Å². The molecule has 1 aromatic rings. The Morgan fingerprint density at radius 1 is 1.41 bits per heavy atom. The molecule has 0 fully saturated rings. The van der Waals surface area contributed by atoms with Crippen LogP contribution in [0.5, 0.6) is 0 Å². The number of ether oxygens (including phenoxy) is 1. The Morgan fingerprint density at radius 3 is 2.65 bits per heavy atom. The highest BCUT2D eigenvalue weighted by Gasteiger charge is 2.15. The average molecular weight is 236 g/mol. The van der Waals surface area contributed by atoms with E-state index in [-0.39, 0.29) is 11.9 Å². The van der Waals surface area contributed by atoms with Crippen LogP contribution in [0.25, 0.3) is 0 Å². The van der Waals surface area contributed by atoms with Crippen molar-refractivity contribution in [3.8, 4) is 0 Å². The molecule has 0 unspecified atom stereocenters. The second-order valence-corrected chi connectivity index (χ2v) is 4.21. The van der Waals surface area contributed by atoms with E-state index in [4.69, 9.17) is 4.74 Å². The molecule has 0 aliphatic carbocycles. The monoisotopic (exact) mass is 236 g/mol. The molecule has 0 amide bonds. The minimum absolute atomic E-state index is 0.266. The van der Waals surface area contributed by atoms with Crippen molar-refractivity contribution in [1.82, 2.24) is 9.97 Å². The molecular formula is C13H20N2O2. The molecular weight excluding hydrogens is 216 g/mol. The first-order valence-corrected chi connectivity index (χ1v) is 6.13. The van der Waals surface area contributed by atoms with Crippen LogP contribution in [0.4, 0.5) is 0 Å². The summed E-state index contributed by atoms with van der Waals surface area (Å²) in [7, 11) is 0. The van der Waals surface area contributed by atoms with Crippen LogP contribution >= 0.6 is 0 Å². The molecule has 94 valence electrons. The number of aromatic nitrogens is 2. The fraction of sp³-hybridized carbons (Fsp3) is 0.615. The van der Waals surface area contributed by atoms with Crippen LogP contribution in [0.3, 0.4) is 0 Å². The van der Waals surface area contributed by atoms with Gasteiger partial charge in [0, 0.05) is 12.1 Å². The molecule has 0 N–H and O–H groups in total. The van der Waals surface area contributed by atoms with Crippen molar-refractivity contribution in [2.75, 3.05) is 6.61 Å². The standard InChI is InChI=1S/C13H20N2O2/c1-5-7-11-10(13(16)17-6-2)8-14-12(15-11)9(3)4/h8-9H,5-7H2,1-4H3. The number of aryl methyl sites for hydroxylation is 1. The first-order chi connectivity index (χ1) is 8.10. The van der Waals surface area contributed by atoms with E-state index in [0.29, 0.717) is 12.2 Å². The van der Waals surface area contributed by atoms with Crippen molar-refractivity contribution in [3.05, 3.63) is 23.3 Å². The largest absolute Gasteiger partial charge is 0.462 e. The molecule has 0 bridgehead atoms. The van der Waals surface area contributed by atoms with Gasteiger partial charge in [-0.3, -0.25) is 0 Å². The third-order valence-corrected chi connectivity index (χ3v) is 2.38. The highest BCUT2D eigenvalue weighted by atomic mass is 16.5. The van der Waals surface area contributed by atoms with E-state index in [1.807, 2.05) is 13.8 Å². The average Bonchev–Trinajstić information content (AvgIpc) is 2.29. The highest BCUT2D eigenvalue weighted by molar-refractivity contribution is 5.90. The van der Waals surface area contributed by atoms with Crippen molar-refractivity contribution in [2.45, 2.75) is 46.5 Å². The summed E-state index contributed by atoms with van der Waals surface area (Å²) >= 11 is 0. The van der Waals surface area contributed by atoms with Gasteiger partial charge in [0.1, 0.15) is 5.82 Å². The van der Waals surface area contributed by atoms with Gasteiger partial charge in [0.2, 0.25) is 0 Å². The molecule has 17 heavy (non-hydrogen) atoms. The first kappa shape index (κ1) is 13.6. The molecule has 0 saturated heterocycles. The molecule has 1 rings (SSSR count). The molecule has 0 aliphatic rings. The minimum atomic E-state index is -0.328. The fourth-order valence-electron chi connectivity index (χ4n) is 1.52. The summed E-state index contributed by atoms with van der Waals surface area (Å²) in [6.45, 7) is 8.30. The van der Waals surface area contributed by atoms with Crippen molar-refractivity contribution < 1.29 is 9.53 Å². The molecule has 0 aromatic carbocycles. The van der Waals surface area contributed by atoms with Crippen LogP contribution in [-0.4, -0.2) is 22.5 Å². The minimum Gasteiger partial charge on any atom is -0.462 e. The Kier molecular flexibility index (Phi) is 5.07. The second kappa shape index (κ2) is 6.33. The van der Waals surface area contributed by atoms with Gasteiger partial charge < -0.3 is 4.74 Å². The van der Waals surface area contributed by atoms with Crippen LogP contribution in [0, 0.1) is 0 Å². The molecule has 0 atom stereocenters. The van der Waals surface area contributed by atoms with Crippen molar-refractivity contribution in [2.24, 2.45) is 0 Å². The van der Waals surface area contributed by atoms with E-state index in [0.717, 1.165) is 24.4 Å². The van der Waals surface area contributed by atoms with E-state index < -0.39 is 0 Å². The summed E-state index contributed by atoms with van der Waals surface area (Å²) in [5.41, 5.74) is 1.29. The normalized spacial score (nSPS) is 10.6. The van der Waals surface area contributed by atoms with Crippen LogP contribution < -0.4 is 0 Å². The smallest absolute Gasteiger partial charge is 0.341 e. The second-order valence-electron chi connectivity index (χ2n) is 4.21. The van der Waals surface area contributed by atoms with Crippen molar-refractivity contribution >= 4 is 5.97 Å². The Labute approximate surface area is 102 Å². The zero-order valence-electron chi connectivity index (χ0n) is 11.0. The number of hydrogen-bond donors (Lipinski definition) is 0. The number of hydrogen-bond acceptors (Lipinski definition) is 4. The van der Waals surface area contributed by atoms with Crippen LogP contribution in [0.1, 0.15) is 61.9 Å². The van der Waals surface area contributed by atoms with Gasteiger partial charge in [0.05, 0.1) is 17.9 Å². The first-order valence-electron chi connectivity index (χ1n) is 6.13. The lowest BCUT2D eigenvalue weighted by Gasteiger charge is -2.10. The van der Waals surface area contributed by atoms with Gasteiger partial charge in [-0.25, -0.2) is 14.8 Å². The Balaban J connectivity index is 3.07. The third kappa shape index (κ3) is 3.51. The molecule has 1 aromatic heterocycles. The van der Waals surface area contributed by atoms with Crippen LogP contribution in [0.2, 0.25) is 0 Å². The lowest BCUT2D eigenvalue weighted by Crippen LogP contribution is -2.12. The SMILES string of the molecule is CCCc1nc(C(C)C)ncc1C(=O)OCC. The maximum atomic E-state index is 11.7. The molecule has 4 heteroatoms. The highest BCUT2D eigenvalue weighted by Crippen LogP contribution is 2.14. The van der Waals surface area contributed by atoms with Gasteiger partial charge in [-0.15, -0.1) is 0 Å². The number of esters is 1. The number of carbonyl (C=O) groups excluding carboxylic acids is 1. The maximum Gasteiger partial charge on any atom is 0.341 e. The molecule has 0 saturated carbocycles. The van der Waals surface area contributed by atoms with Crippen molar-refractivity contribution in [3.63, 3.8) is 0 Å². The van der Waals surface area contributed by atoms with Crippen LogP contribution in [0.15, 0.2) is 6.20 Å². The fourth-order valence-corrected chi connectivity index (χ4v) is 1.52. The molecule has 0 spiro atoms. The molecule has 4 nitrogen and oxygen atoms in total. The number of rotatable bonds is 5. The Hall–Kier alpha value is -1.45. The predicted molar refractivity (Wildman–Crippen MR) is 66.1 cm³/mol. The van der Waals surface area contributed by atoms with Crippen LogP contribution in [-0.2, 0) is 11.2 Å². The van der Waals surface area contributed by atoms with E-state index in [1.54, 1.807) is 13.1 Å². The van der Waals surface area contributed by atoms with Gasteiger partial charge in [0.25, 0.3) is 0 Å². The van der Waals surface area contributed by atoms with E-state index in [1.165, 1.54) is 0 Å². The Bertz CT molecular complexity index is 389. The summed E-state index contributed by atoms with van der Waals surface area (Å²) in [5, 5.41) is 0. The zero-order valence-corrected chi connectivity index (χ0v) is 11.0. The summed E-state index contributed by atoms with van der Waals surface area (Å²) in [6, 6.07) is 0. The molecule has 0 aliphatic heterocycles. The van der Waals surface area contributed by atoms with Gasteiger partial charge >= 0.3 is 5.97 Å². The zero-order chi connectivity index (χ0) is 12.8. The summed E-state index contributed by atoms with van der Waals surface area (Å²) < 4.78 is 5.00.